The summed E-state index contributed by atoms with van der Waals surface area (Å²) in [7, 11) is 0. The van der Waals surface area contributed by atoms with Crippen molar-refractivity contribution in [1.29, 1.82) is 0 Å². The minimum absolute atomic E-state index is 0.0650. The van der Waals surface area contributed by atoms with E-state index in [4.69, 9.17) is 4.74 Å². The van der Waals surface area contributed by atoms with E-state index < -0.39 is 6.29 Å². The number of aliphatic hydroxyl groups is 1. The number of rotatable bonds is 5. The fourth-order valence-electron chi connectivity index (χ4n) is 9.65. The molecule has 1 aromatic rings. The Morgan fingerprint density at radius 3 is 2.49 bits per heavy atom. The van der Waals surface area contributed by atoms with Crippen LogP contribution in [-0.4, -0.2) is 27.3 Å². The quantitative estimate of drug-likeness (QED) is 0.391. The number of H-pyrrole nitrogens is 1. The molecule has 0 amide bonds. The first-order valence-corrected chi connectivity index (χ1v) is 14.2. The third-order valence-electron chi connectivity index (χ3n) is 12.2. The molecule has 5 nitrogen and oxygen atoms in total. The molecular weight excluding hydrogens is 436 g/mol. The fourth-order valence-corrected chi connectivity index (χ4v) is 9.65. The highest BCUT2D eigenvalue weighted by atomic mass is 16.6. The van der Waals surface area contributed by atoms with E-state index in [2.05, 4.69) is 32.4 Å². The number of hydrogen-bond acceptors (Lipinski definition) is 3. The van der Waals surface area contributed by atoms with Crippen molar-refractivity contribution in [3.05, 3.63) is 33.8 Å². The third-order valence-corrected chi connectivity index (χ3v) is 12.2. The maximum atomic E-state index is 12.7. The van der Waals surface area contributed by atoms with Gasteiger partial charge in [0.25, 0.3) is 5.56 Å². The van der Waals surface area contributed by atoms with E-state index in [1.165, 1.54) is 50.5 Å². The van der Waals surface area contributed by atoms with Gasteiger partial charge in [0.2, 0.25) is 0 Å². The van der Waals surface area contributed by atoms with Crippen molar-refractivity contribution in [2.24, 2.45) is 39.9 Å². The molecule has 196 valence electrons. The van der Waals surface area contributed by atoms with Crippen molar-refractivity contribution in [2.75, 3.05) is 0 Å². The van der Waals surface area contributed by atoms with Crippen molar-refractivity contribution in [3.8, 4) is 0 Å². The molecule has 0 bridgehead atoms. The van der Waals surface area contributed by atoms with Gasteiger partial charge < -0.3 is 9.84 Å². The Hall–Kier alpha value is -1.33. The number of aromatic nitrogens is 2. The molecule has 2 N–H and O–H groups in total. The summed E-state index contributed by atoms with van der Waals surface area (Å²) in [5.41, 5.74) is 3.82. The first-order valence-electron chi connectivity index (χ1n) is 14.2. The Balaban J connectivity index is 1.35. The number of fused-ring (bicyclic) bond motifs is 5. The molecule has 4 aliphatic rings. The number of aryl methyl sites for hydroxylation is 1. The highest BCUT2D eigenvalue weighted by Crippen LogP contribution is 2.71. The normalized spacial score (nSPS) is 43.8. The molecule has 0 aromatic carbocycles. The summed E-state index contributed by atoms with van der Waals surface area (Å²) in [6, 6.07) is 0. The molecule has 9 atom stereocenters. The van der Waals surface area contributed by atoms with Crippen LogP contribution in [0.15, 0.2) is 16.9 Å². The lowest BCUT2D eigenvalue weighted by Crippen LogP contribution is -2.55. The molecule has 4 aliphatic carbocycles. The van der Waals surface area contributed by atoms with Crippen LogP contribution in [0.2, 0.25) is 0 Å². The van der Waals surface area contributed by atoms with Crippen molar-refractivity contribution < 1.29 is 9.84 Å². The first kappa shape index (κ1) is 25.3. The van der Waals surface area contributed by atoms with Crippen LogP contribution in [0, 0.1) is 53.8 Å². The SMILES string of the molecule is C=C(Cn1[nH]c(C)c(C)c1=O)C1(C)CCC2C3CCC4CC(OC(C)O)CCC4(C)C3CCC21C. The zero-order chi connectivity index (χ0) is 25.3. The Morgan fingerprint density at radius 2 is 1.83 bits per heavy atom. The second-order valence-corrected chi connectivity index (χ2v) is 13.5. The van der Waals surface area contributed by atoms with Gasteiger partial charge in [-0.25, -0.2) is 4.68 Å². The van der Waals surface area contributed by atoms with Gasteiger partial charge in [-0.2, -0.15) is 0 Å². The summed E-state index contributed by atoms with van der Waals surface area (Å²) in [4.78, 5) is 12.7. The van der Waals surface area contributed by atoms with Crippen LogP contribution in [0.4, 0.5) is 0 Å². The lowest BCUT2D eigenvalue weighted by atomic mass is 9.43. The maximum absolute atomic E-state index is 12.7. The smallest absolute Gasteiger partial charge is 0.269 e. The number of ether oxygens (including phenoxy) is 1. The Labute approximate surface area is 211 Å². The zero-order valence-corrected chi connectivity index (χ0v) is 23.0. The van der Waals surface area contributed by atoms with Crippen LogP contribution in [-0.2, 0) is 11.3 Å². The van der Waals surface area contributed by atoms with Crippen LogP contribution >= 0.6 is 0 Å². The highest BCUT2D eigenvalue weighted by molar-refractivity contribution is 5.23. The second-order valence-electron chi connectivity index (χ2n) is 13.5. The van der Waals surface area contributed by atoms with Gasteiger partial charge in [0.05, 0.1) is 12.6 Å². The second kappa shape index (κ2) is 8.62. The lowest BCUT2D eigenvalue weighted by Gasteiger charge is -2.62. The maximum Gasteiger partial charge on any atom is 0.269 e. The monoisotopic (exact) mass is 484 g/mol. The first-order chi connectivity index (χ1) is 16.4. The average Bonchev–Trinajstić information content (AvgIpc) is 3.21. The van der Waals surface area contributed by atoms with Crippen LogP contribution in [0.25, 0.3) is 0 Å². The van der Waals surface area contributed by atoms with Gasteiger partial charge in [-0.15, -0.1) is 0 Å². The van der Waals surface area contributed by atoms with E-state index in [0.29, 0.717) is 12.0 Å². The number of hydrogen-bond donors (Lipinski definition) is 2. The van der Waals surface area contributed by atoms with E-state index in [1.807, 2.05) is 13.8 Å². The predicted octanol–water partition coefficient (Wildman–Crippen LogP) is 6.12. The summed E-state index contributed by atoms with van der Waals surface area (Å²) in [6.07, 6.45) is 10.7. The number of aliphatic hydroxyl groups excluding tert-OH is 1. The summed E-state index contributed by atoms with van der Waals surface area (Å²) >= 11 is 0. The molecule has 35 heavy (non-hydrogen) atoms. The van der Waals surface area contributed by atoms with E-state index in [9.17, 15) is 9.90 Å². The van der Waals surface area contributed by atoms with E-state index >= 15 is 0 Å². The third kappa shape index (κ3) is 3.74. The average molecular weight is 485 g/mol. The molecular formula is C30H48N2O3. The topological polar surface area (TPSA) is 67.2 Å². The predicted molar refractivity (Wildman–Crippen MR) is 140 cm³/mol. The van der Waals surface area contributed by atoms with Gasteiger partial charge in [0, 0.05) is 11.3 Å². The molecule has 1 aromatic heterocycles. The number of aromatic amines is 1. The molecule has 5 rings (SSSR count). The minimum Gasteiger partial charge on any atom is -0.368 e. The highest BCUT2D eigenvalue weighted by Gasteiger charge is 2.64. The Morgan fingerprint density at radius 1 is 1.11 bits per heavy atom. The lowest BCUT2D eigenvalue weighted by molar-refractivity contribution is -0.176. The number of allylic oxidation sites excluding steroid dienone is 1. The van der Waals surface area contributed by atoms with Crippen molar-refractivity contribution in [1.82, 2.24) is 9.78 Å². The van der Waals surface area contributed by atoms with Gasteiger partial charge >= 0.3 is 0 Å². The molecule has 0 radical (unpaired) electrons. The molecule has 0 saturated heterocycles. The summed E-state index contributed by atoms with van der Waals surface area (Å²) in [6.45, 7) is 18.5. The fraction of sp³-hybridized carbons (Fsp3) is 0.833. The molecule has 0 aliphatic heterocycles. The van der Waals surface area contributed by atoms with E-state index in [-0.39, 0.29) is 22.5 Å². The van der Waals surface area contributed by atoms with Gasteiger partial charge in [0.15, 0.2) is 6.29 Å². The van der Waals surface area contributed by atoms with Crippen LogP contribution in [0.1, 0.15) is 96.7 Å². The largest absolute Gasteiger partial charge is 0.368 e. The standard InChI is InChI=1S/C30H48N2O3/c1-18(17-32-27(34)19(2)20(3)31-32)29(6)14-12-26-24-9-8-22-16-23(35-21(4)33)10-13-28(22,5)25(24)11-15-30(26,29)7/h21-26,31,33H,1,8-17H2,2-7H3. The molecule has 5 heteroatoms. The Bertz CT molecular complexity index is 1040. The molecule has 4 saturated carbocycles. The molecule has 4 fully saturated rings. The van der Waals surface area contributed by atoms with Crippen LogP contribution < -0.4 is 5.56 Å². The molecule has 1 heterocycles. The number of nitrogens with one attached hydrogen (secondary N) is 1. The zero-order valence-electron chi connectivity index (χ0n) is 23.0. The van der Waals surface area contributed by atoms with Gasteiger partial charge in [-0.3, -0.25) is 9.89 Å². The van der Waals surface area contributed by atoms with Crippen LogP contribution in [0.5, 0.6) is 0 Å². The van der Waals surface area contributed by atoms with Crippen molar-refractivity contribution in [2.45, 2.75) is 118 Å². The summed E-state index contributed by atoms with van der Waals surface area (Å²) in [5, 5.41) is 13.0. The van der Waals surface area contributed by atoms with Crippen molar-refractivity contribution in [3.63, 3.8) is 0 Å². The van der Waals surface area contributed by atoms with Crippen LogP contribution in [0.3, 0.4) is 0 Å². The minimum atomic E-state index is -0.657. The van der Waals surface area contributed by atoms with Gasteiger partial charge in [0.1, 0.15) is 0 Å². The summed E-state index contributed by atoms with van der Waals surface area (Å²) in [5.74, 6) is 3.07. The van der Waals surface area contributed by atoms with E-state index in [1.54, 1.807) is 11.6 Å². The van der Waals surface area contributed by atoms with Crippen molar-refractivity contribution >= 4 is 0 Å². The van der Waals surface area contributed by atoms with E-state index in [0.717, 1.165) is 47.8 Å². The van der Waals surface area contributed by atoms with Gasteiger partial charge in [-0.1, -0.05) is 27.4 Å². The summed E-state index contributed by atoms with van der Waals surface area (Å²) < 4.78 is 7.62. The Kier molecular flexibility index (Phi) is 6.23. The number of nitrogens with zero attached hydrogens (tertiary/aromatic N) is 1. The van der Waals surface area contributed by atoms with Gasteiger partial charge in [-0.05, 0) is 124 Å². The molecule has 0 spiro atoms. The molecule has 9 unspecified atom stereocenters.